The van der Waals surface area contributed by atoms with E-state index in [1.54, 1.807) is 6.20 Å². The molecule has 0 aliphatic carbocycles. The molecule has 27 heavy (non-hydrogen) atoms. The van der Waals surface area contributed by atoms with Crippen molar-refractivity contribution in [2.24, 2.45) is 14.1 Å². The number of benzene rings is 1. The van der Waals surface area contributed by atoms with Crippen molar-refractivity contribution < 1.29 is 0 Å². The average molecular weight is 429 g/mol. The van der Waals surface area contributed by atoms with Crippen molar-refractivity contribution in [3.05, 3.63) is 73.1 Å². The number of anilines is 2. The Bertz CT molecular complexity index is 1130. The Morgan fingerprint density at radius 2 is 1.89 bits per heavy atom. The Morgan fingerprint density at radius 1 is 1.19 bits per heavy atom. The summed E-state index contributed by atoms with van der Waals surface area (Å²) in [5.41, 5.74) is 0.576. The van der Waals surface area contributed by atoms with E-state index in [-0.39, 0.29) is 11.4 Å². The van der Waals surface area contributed by atoms with Gasteiger partial charge in [-0.25, -0.2) is 4.79 Å². The number of nitriles is 1. The van der Waals surface area contributed by atoms with Crippen LogP contribution in [0.3, 0.4) is 0 Å². The summed E-state index contributed by atoms with van der Waals surface area (Å²) in [5, 5.41) is 16.5. The van der Waals surface area contributed by atoms with Crippen molar-refractivity contribution >= 4 is 27.4 Å². The summed E-state index contributed by atoms with van der Waals surface area (Å²) in [7, 11) is 2.86. The minimum atomic E-state index is -0.620. The second-order valence-electron chi connectivity index (χ2n) is 6.03. The number of hydrogen-bond donors (Lipinski definition) is 1. The standard InChI is InChI=1S/C18H17BrN6O2/c1-23-16(15(9-20)17(26)24(2)18(23)27)22-14-5-3-12(4-6-14)7-8-25-11-13(19)10-21-25/h3-6,10-11,22H,7-8H2,1-2H3. The van der Waals surface area contributed by atoms with Crippen LogP contribution in [-0.2, 0) is 27.1 Å². The van der Waals surface area contributed by atoms with Crippen LogP contribution in [0.15, 0.2) is 50.7 Å². The quantitative estimate of drug-likeness (QED) is 0.668. The zero-order chi connectivity index (χ0) is 19.6. The maximum Gasteiger partial charge on any atom is 0.332 e. The number of aryl methyl sites for hydroxylation is 2. The van der Waals surface area contributed by atoms with Gasteiger partial charge in [-0.1, -0.05) is 12.1 Å². The highest BCUT2D eigenvalue weighted by Gasteiger charge is 2.15. The van der Waals surface area contributed by atoms with Gasteiger partial charge in [-0.2, -0.15) is 10.4 Å². The van der Waals surface area contributed by atoms with E-state index in [4.69, 9.17) is 0 Å². The highest BCUT2D eigenvalue weighted by Crippen LogP contribution is 2.18. The summed E-state index contributed by atoms with van der Waals surface area (Å²) < 4.78 is 4.96. The molecule has 2 heterocycles. The molecule has 1 N–H and O–H groups in total. The molecule has 0 unspecified atom stereocenters. The van der Waals surface area contributed by atoms with E-state index in [0.29, 0.717) is 5.69 Å². The molecule has 3 rings (SSSR count). The number of nitrogens with one attached hydrogen (secondary N) is 1. The van der Waals surface area contributed by atoms with Gasteiger partial charge in [0, 0.05) is 32.5 Å². The minimum absolute atomic E-state index is 0.104. The molecule has 0 aliphatic rings. The summed E-state index contributed by atoms with van der Waals surface area (Å²) in [4.78, 5) is 24.2. The fourth-order valence-electron chi connectivity index (χ4n) is 2.69. The van der Waals surface area contributed by atoms with Gasteiger partial charge < -0.3 is 5.32 Å². The third kappa shape index (κ3) is 3.85. The fraction of sp³-hybridized carbons (Fsp3) is 0.222. The molecule has 0 saturated heterocycles. The lowest BCUT2D eigenvalue weighted by molar-refractivity contribution is 0.614. The molecule has 0 spiro atoms. The molecular weight excluding hydrogens is 412 g/mol. The van der Waals surface area contributed by atoms with Crippen LogP contribution in [0.1, 0.15) is 11.1 Å². The second kappa shape index (κ2) is 7.63. The summed E-state index contributed by atoms with van der Waals surface area (Å²) in [6, 6.07) is 9.47. The molecular formula is C18H17BrN6O2. The molecule has 0 fully saturated rings. The van der Waals surface area contributed by atoms with Crippen LogP contribution in [0.25, 0.3) is 0 Å². The van der Waals surface area contributed by atoms with E-state index in [0.717, 1.165) is 27.6 Å². The van der Waals surface area contributed by atoms with Gasteiger partial charge >= 0.3 is 5.69 Å². The van der Waals surface area contributed by atoms with Crippen LogP contribution < -0.4 is 16.6 Å². The van der Waals surface area contributed by atoms with Gasteiger partial charge in [-0.3, -0.25) is 18.6 Å². The van der Waals surface area contributed by atoms with Crippen LogP contribution >= 0.6 is 15.9 Å². The molecule has 0 bridgehead atoms. The van der Waals surface area contributed by atoms with Gasteiger partial charge in [0.15, 0.2) is 5.56 Å². The SMILES string of the molecule is Cn1c(Nc2ccc(CCn3cc(Br)cn3)cc2)c(C#N)c(=O)n(C)c1=O. The molecule has 2 aromatic heterocycles. The van der Waals surface area contributed by atoms with E-state index >= 15 is 0 Å². The third-order valence-electron chi connectivity index (χ3n) is 4.22. The van der Waals surface area contributed by atoms with E-state index in [2.05, 4.69) is 26.3 Å². The first-order valence-electron chi connectivity index (χ1n) is 8.14. The lowest BCUT2D eigenvalue weighted by Gasteiger charge is -2.14. The third-order valence-corrected chi connectivity index (χ3v) is 4.63. The molecule has 3 aromatic rings. The maximum absolute atomic E-state index is 12.1. The average Bonchev–Trinajstić information content (AvgIpc) is 3.09. The van der Waals surface area contributed by atoms with E-state index in [1.807, 2.05) is 41.2 Å². The fourth-order valence-corrected chi connectivity index (χ4v) is 3.01. The Kier molecular flexibility index (Phi) is 5.28. The van der Waals surface area contributed by atoms with Crippen LogP contribution in [0.4, 0.5) is 11.5 Å². The molecule has 8 nitrogen and oxygen atoms in total. The molecule has 138 valence electrons. The first-order chi connectivity index (χ1) is 12.9. The summed E-state index contributed by atoms with van der Waals surface area (Å²) in [5.74, 6) is 0.180. The topological polar surface area (TPSA) is 97.6 Å². The first-order valence-corrected chi connectivity index (χ1v) is 8.94. The summed E-state index contributed by atoms with van der Waals surface area (Å²) >= 11 is 3.37. The number of hydrogen-bond acceptors (Lipinski definition) is 5. The lowest BCUT2D eigenvalue weighted by atomic mass is 10.1. The van der Waals surface area contributed by atoms with E-state index in [1.165, 1.54) is 18.7 Å². The van der Waals surface area contributed by atoms with Gasteiger partial charge in [0.2, 0.25) is 0 Å². The van der Waals surface area contributed by atoms with Crippen molar-refractivity contribution in [3.63, 3.8) is 0 Å². The van der Waals surface area contributed by atoms with Gasteiger partial charge in [-0.05, 0) is 40.0 Å². The van der Waals surface area contributed by atoms with E-state index < -0.39 is 11.2 Å². The summed E-state index contributed by atoms with van der Waals surface area (Å²) in [6.07, 6.45) is 4.46. The lowest BCUT2D eigenvalue weighted by Crippen LogP contribution is -2.39. The van der Waals surface area contributed by atoms with Crippen LogP contribution in [0.5, 0.6) is 0 Å². The van der Waals surface area contributed by atoms with Crippen molar-refractivity contribution in [2.75, 3.05) is 5.32 Å². The number of aromatic nitrogens is 4. The monoisotopic (exact) mass is 428 g/mol. The highest BCUT2D eigenvalue weighted by atomic mass is 79.9. The van der Waals surface area contributed by atoms with Crippen molar-refractivity contribution in [2.45, 2.75) is 13.0 Å². The Balaban J connectivity index is 1.80. The van der Waals surface area contributed by atoms with Crippen LogP contribution in [0.2, 0.25) is 0 Å². The van der Waals surface area contributed by atoms with Gasteiger partial charge in [0.1, 0.15) is 11.9 Å². The van der Waals surface area contributed by atoms with Crippen LogP contribution in [-0.4, -0.2) is 18.9 Å². The summed E-state index contributed by atoms with van der Waals surface area (Å²) in [6.45, 7) is 0.750. The van der Waals surface area contributed by atoms with Crippen molar-refractivity contribution in [1.29, 1.82) is 5.26 Å². The van der Waals surface area contributed by atoms with Gasteiger partial charge in [0.05, 0.1) is 10.7 Å². The predicted molar refractivity (Wildman–Crippen MR) is 105 cm³/mol. The Hall–Kier alpha value is -3.12. The zero-order valence-corrected chi connectivity index (χ0v) is 16.4. The maximum atomic E-state index is 12.1. The second-order valence-corrected chi connectivity index (χ2v) is 6.95. The van der Waals surface area contributed by atoms with Gasteiger partial charge in [-0.15, -0.1) is 0 Å². The molecule has 1 aromatic carbocycles. The Morgan fingerprint density at radius 3 is 2.48 bits per heavy atom. The minimum Gasteiger partial charge on any atom is -0.340 e. The van der Waals surface area contributed by atoms with Gasteiger partial charge in [0.25, 0.3) is 5.56 Å². The predicted octanol–water partition coefficient (Wildman–Crippen LogP) is 1.90. The van der Waals surface area contributed by atoms with Crippen molar-refractivity contribution in [3.8, 4) is 6.07 Å². The number of nitrogens with zero attached hydrogens (tertiary/aromatic N) is 5. The van der Waals surface area contributed by atoms with Crippen molar-refractivity contribution in [1.82, 2.24) is 18.9 Å². The molecule has 9 heteroatoms. The first kappa shape index (κ1) is 18.7. The molecule has 0 aliphatic heterocycles. The molecule has 0 radical (unpaired) electrons. The molecule has 0 atom stereocenters. The zero-order valence-electron chi connectivity index (χ0n) is 14.8. The molecule has 0 saturated carbocycles. The Labute approximate surface area is 163 Å². The largest absolute Gasteiger partial charge is 0.340 e. The normalized spacial score (nSPS) is 10.6. The number of halogens is 1. The smallest absolute Gasteiger partial charge is 0.332 e. The highest BCUT2D eigenvalue weighted by molar-refractivity contribution is 9.10. The number of rotatable bonds is 5. The van der Waals surface area contributed by atoms with E-state index in [9.17, 15) is 14.9 Å². The molecule has 0 amide bonds. The van der Waals surface area contributed by atoms with Crippen LogP contribution in [0, 0.1) is 11.3 Å².